The van der Waals surface area contributed by atoms with Gasteiger partial charge in [-0.2, -0.15) is 0 Å². The van der Waals surface area contributed by atoms with E-state index in [9.17, 15) is 5.11 Å². The van der Waals surface area contributed by atoms with E-state index in [1.165, 1.54) is 0 Å². The van der Waals surface area contributed by atoms with Gasteiger partial charge in [-0.1, -0.05) is 6.07 Å². The van der Waals surface area contributed by atoms with E-state index in [1.54, 1.807) is 12.3 Å². The molecule has 4 nitrogen and oxygen atoms in total. The van der Waals surface area contributed by atoms with E-state index >= 15 is 0 Å². The van der Waals surface area contributed by atoms with Crippen LogP contribution in [-0.2, 0) is 0 Å². The zero-order valence-electron chi connectivity index (χ0n) is 10.0. The molecule has 0 fully saturated rings. The highest BCUT2D eigenvalue weighted by atomic mass is 16.3. The lowest BCUT2D eigenvalue weighted by atomic mass is 10.1. The number of fused-ring (bicyclic) bond motifs is 2. The van der Waals surface area contributed by atoms with Gasteiger partial charge in [-0.15, -0.1) is 0 Å². The molecule has 0 aliphatic heterocycles. The molecule has 4 heteroatoms. The van der Waals surface area contributed by atoms with Crippen molar-refractivity contribution in [1.82, 2.24) is 15.0 Å². The van der Waals surface area contributed by atoms with Crippen LogP contribution in [0, 0.1) is 0 Å². The van der Waals surface area contributed by atoms with E-state index in [1.807, 2.05) is 30.5 Å². The van der Waals surface area contributed by atoms with Crippen LogP contribution in [0.3, 0.4) is 0 Å². The lowest BCUT2D eigenvalue weighted by Crippen LogP contribution is -1.78. The Morgan fingerprint density at radius 1 is 1.05 bits per heavy atom. The van der Waals surface area contributed by atoms with Gasteiger partial charge in [0.2, 0.25) is 0 Å². The van der Waals surface area contributed by atoms with E-state index in [2.05, 4.69) is 21.0 Å². The van der Waals surface area contributed by atoms with Gasteiger partial charge in [0.15, 0.2) is 0 Å². The standard InChI is InChI=1S/C15H11N3O/c19-14-4-6-17-15-11(14)8-13(18-15)9-1-2-12-10(7-9)3-5-16-12/h1-8,16H,(H2,17,18,19). The Balaban J connectivity index is 1.95. The third-order valence-corrected chi connectivity index (χ3v) is 3.37. The van der Waals surface area contributed by atoms with Gasteiger partial charge in [0.05, 0.1) is 5.39 Å². The summed E-state index contributed by atoms with van der Waals surface area (Å²) in [6.07, 6.45) is 3.51. The molecule has 0 bridgehead atoms. The van der Waals surface area contributed by atoms with Crippen LogP contribution in [0.25, 0.3) is 33.2 Å². The summed E-state index contributed by atoms with van der Waals surface area (Å²) >= 11 is 0. The predicted molar refractivity (Wildman–Crippen MR) is 75.1 cm³/mol. The first-order valence-corrected chi connectivity index (χ1v) is 6.05. The Bertz CT molecular complexity index is 889. The van der Waals surface area contributed by atoms with Crippen molar-refractivity contribution in [1.29, 1.82) is 0 Å². The second-order valence-corrected chi connectivity index (χ2v) is 4.56. The van der Waals surface area contributed by atoms with Crippen LogP contribution >= 0.6 is 0 Å². The molecule has 19 heavy (non-hydrogen) atoms. The van der Waals surface area contributed by atoms with E-state index < -0.39 is 0 Å². The summed E-state index contributed by atoms with van der Waals surface area (Å²) in [4.78, 5) is 10.6. The minimum atomic E-state index is 0.246. The highest BCUT2D eigenvalue weighted by Crippen LogP contribution is 2.29. The molecule has 3 aromatic heterocycles. The van der Waals surface area contributed by atoms with Crippen LogP contribution in [0.1, 0.15) is 0 Å². The molecule has 4 aromatic rings. The van der Waals surface area contributed by atoms with Crippen LogP contribution in [-0.4, -0.2) is 20.1 Å². The van der Waals surface area contributed by atoms with Gasteiger partial charge < -0.3 is 15.1 Å². The maximum absolute atomic E-state index is 9.81. The maximum Gasteiger partial charge on any atom is 0.141 e. The molecule has 4 rings (SSSR count). The van der Waals surface area contributed by atoms with Crippen LogP contribution in [0.15, 0.2) is 48.8 Å². The molecule has 92 valence electrons. The molecule has 0 amide bonds. The molecule has 0 radical (unpaired) electrons. The molecule has 0 atom stereocenters. The molecule has 0 spiro atoms. The van der Waals surface area contributed by atoms with Crippen molar-refractivity contribution in [2.45, 2.75) is 0 Å². The van der Waals surface area contributed by atoms with Gasteiger partial charge in [0, 0.05) is 29.0 Å². The van der Waals surface area contributed by atoms with Crippen molar-refractivity contribution in [2.24, 2.45) is 0 Å². The van der Waals surface area contributed by atoms with E-state index in [0.717, 1.165) is 27.5 Å². The fraction of sp³-hybridized carbons (Fsp3) is 0. The highest BCUT2D eigenvalue weighted by Gasteiger charge is 2.08. The molecule has 0 saturated carbocycles. The van der Waals surface area contributed by atoms with E-state index in [0.29, 0.717) is 5.65 Å². The smallest absolute Gasteiger partial charge is 0.141 e. The SMILES string of the molecule is Oc1ccnc2[nH]c(-c3ccc4[nH]ccc4c3)cc12. The normalized spacial score (nSPS) is 11.4. The first kappa shape index (κ1) is 10.2. The number of aromatic nitrogens is 3. The molecule has 0 aliphatic carbocycles. The Kier molecular flexibility index (Phi) is 1.94. The summed E-state index contributed by atoms with van der Waals surface area (Å²) in [6, 6.07) is 11.7. The lowest BCUT2D eigenvalue weighted by Gasteiger charge is -1.97. The molecule has 0 unspecified atom stereocenters. The topological polar surface area (TPSA) is 64.7 Å². The van der Waals surface area contributed by atoms with Gasteiger partial charge in [-0.25, -0.2) is 4.98 Å². The summed E-state index contributed by atoms with van der Waals surface area (Å²) < 4.78 is 0. The second kappa shape index (κ2) is 3.62. The number of pyridine rings is 1. The summed E-state index contributed by atoms with van der Waals surface area (Å²) in [6.45, 7) is 0. The third kappa shape index (κ3) is 1.50. The van der Waals surface area contributed by atoms with Crippen LogP contribution in [0.5, 0.6) is 5.75 Å². The molecule has 3 N–H and O–H groups in total. The molecular weight excluding hydrogens is 238 g/mol. The minimum absolute atomic E-state index is 0.246. The fourth-order valence-electron chi connectivity index (χ4n) is 2.39. The van der Waals surface area contributed by atoms with Crippen molar-refractivity contribution in [3.05, 3.63) is 48.8 Å². The van der Waals surface area contributed by atoms with E-state index in [-0.39, 0.29) is 5.75 Å². The van der Waals surface area contributed by atoms with Crippen molar-refractivity contribution in [3.8, 4) is 17.0 Å². The van der Waals surface area contributed by atoms with Crippen molar-refractivity contribution in [2.75, 3.05) is 0 Å². The molecule has 3 heterocycles. The van der Waals surface area contributed by atoms with Gasteiger partial charge in [-0.05, 0) is 35.9 Å². The lowest BCUT2D eigenvalue weighted by molar-refractivity contribution is 0.481. The number of H-pyrrole nitrogens is 2. The van der Waals surface area contributed by atoms with Crippen LogP contribution < -0.4 is 0 Å². The second-order valence-electron chi connectivity index (χ2n) is 4.56. The Morgan fingerprint density at radius 3 is 2.89 bits per heavy atom. The van der Waals surface area contributed by atoms with E-state index in [4.69, 9.17) is 0 Å². The number of aromatic hydroxyl groups is 1. The summed E-state index contributed by atoms with van der Waals surface area (Å²) in [5.41, 5.74) is 3.83. The average molecular weight is 249 g/mol. The average Bonchev–Trinajstić information content (AvgIpc) is 3.04. The van der Waals surface area contributed by atoms with Gasteiger partial charge in [0.1, 0.15) is 11.4 Å². The number of benzene rings is 1. The van der Waals surface area contributed by atoms with Gasteiger partial charge >= 0.3 is 0 Å². The maximum atomic E-state index is 9.81. The molecule has 0 saturated heterocycles. The zero-order valence-corrected chi connectivity index (χ0v) is 10.0. The zero-order chi connectivity index (χ0) is 12.8. The van der Waals surface area contributed by atoms with Crippen molar-refractivity contribution in [3.63, 3.8) is 0 Å². The Morgan fingerprint density at radius 2 is 2.00 bits per heavy atom. The number of nitrogens with zero attached hydrogens (tertiary/aromatic N) is 1. The van der Waals surface area contributed by atoms with Crippen molar-refractivity contribution < 1.29 is 5.11 Å². The summed E-state index contributed by atoms with van der Waals surface area (Å²) in [5.74, 6) is 0.246. The van der Waals surface area contributed by atoms with Crippen molar-refractivity contribution >= 4 is 21.9 Å². The molecule has 0 aliphatic rings. The minimum Gasteiger partial charge on any atom is -0.507 e. The number of aromatic amines is 2. The number of nitrogens with one attached hydrogen (secondary N) is 2. The highest BCUT2D eigenvalue weighted by molar-refractivity contribution is 5.90. The predicted octanol–water partition coefficient (Wildman–Crippen LogP) is 3.42. The number of hydrogen-bond acceptors (Lipinski definition) is 2. The number of hydrogen-bond donors (Lipinski definition) is 3. The first-order valence-electron chi connectivity index (χ1n) is 6.05. The largest absolute Gasteiger partial charge is 0.507 e. The summed E-state index contributed by atoms with van der Waals surface area (Å²) in [7, 11) is 0. The monoisotopic (exact) mass is 249 g/mol. The first-order chi connectivity index (χ1) is 9.31. The summed E-state index contributed by atoms with van der Waals surface area (Å²) in [5, 5.41) is 11.7. The van der Waals surface area contributed by atoms with Gasteiger partial charge in [0.25, 0.3) is 0 Å². The number of rotatable bonds is 1. The van der Waals surface area contributed by atoms with Crippen LogP contribution in [0.4, 0.5) is 0 Å². The fourth-order valence-corrected chi connectivity index (χ4v) is 2.39. The van der Waals surface area contributed by atoms with Gasteiger partial charge in [-0.3, -0.25) is 0 Å². The third-order valence-electron chi connectivity index (χ3n) is 3.37. The van der Waals surface area contributed by atoms with Crippen LogP contribution in [0.2, 0.25) is 0 Å². The quantitative estimate of drug-likeness (QED) is 0.484. The molecular formula is C15H11N3O. The Labute approximate surface area is 108 Å². The molecule has 1 aromatic carbocycles. The Hall–Kier alpha value is -2.75.